The summed E-state index contributed by atoms with van der Waals surface area (Å²) in [7, 11) is 0. The first-order valence-corrected chi connectivity index (χ1v) is 10.4. The van der Waals surface area contributed by atoms with E-state index in [0.717, 1.165) is 45.9 Å². The summed E-state index contributed by atoms with van der Waals surface area (Å²) in [5.74, 6) is 0.900. The van der Waals surface area contributed by atoms with Crippen molar-refractivity contribution in [1.29, 1.82) is 0 Å². The average Bonchev–Trinajstić information content (AvgIpc) is 2.66. The number of rotatable bonds is 8. The lowest BCUT2D eigenvalue weighted by Crippen LogP contribution is -2.16. The van der Waals surface area contributed by atoms with E-state index in [9.17, 15) is 0 Å². The molecular formula is C22H25BrClNO. The van der Waals surface area contributed by atoms with Crippen LogP contribution in [0.15, 0.2) is 58.6 Å². The number of ether oxygens (including phenoxy) is 1. The first kappa shape index (κ1) is 19.5. The van der Waals surface area contributed by atoms with E-state index in [1.165, 1.54) is 25.7 Å². The highest BCUT2D eigenvalue weighted by molar-refractivity contribution is 9.10. The minimum Gasteiger partial charge on any atom is -0.489 e. The molecule has 4 heteroatoms. The second-order valence-electron chi connectivity index (χ2n) is 6.67. The monoisotopic (exact) mass is 433 g/mol. The summed E-state index contributed by atoms with van der Waals surface area (Å²) in [5.41, 5.74) is 3.76. The molecule has 0 fully saturated rings. The van der Waals surface area contributed by atoms with Crippen molar-refractivity contribution in [1.82, 2.24) is 5.32 Å². The van der Waals surface area contributed by atoms with Crippen molar-refractivity contribution in [2.45, 2.75) is 45.3 Å². The first-order chi connectivity index (χ1) is 12.7. The molecule has 138 valence electrons. The number of allylic oxidation sites excluding steroid dienone is 1. The standard InChI is InChI=1S/C22H25BrClNO/c23-20-10-11-22(26-16-18-8-4-5-9-21(18)24)19(14-20)15-25-13-12-17-6-2-1-3-7-17/h4-6,8-11,14,25H,1-3,7,12-13,15-16H2. The Kier molecular flexibility index (Phi) is 7.60. The molecule has 0 spiro atoms. The van der Waals surface area contributed by atoms with Crippen molar-refractivity contribution in [2.75, 3.05) is 6.54 Å². The van der Waals surface area contributed by atoms with Gasteiger partial charge in [-0.1, -0.05) is 57.4 Å². The Hall–Kier alpha value is -1.29. The fraction of sp³-hybridized carbons (Fsp3) is 0.364. The van der Waals surface area contributed by atoms with Crippen molar-refractivity contribution < 1.29 is 4.74 Å². The topological polar surface area (TPSA) is 21.3 Å². The van der Waals surface area contributed by atoms with Crippen LogP contribution in [-0.2, 0) is 13.2 Å². The van der Waals surface area contributed by atoms with E-state index in [-0.39, 0.29) is 0 Å². The summed E-state index contributed by atoms with van der Waals surface area (Å²) < 4.78 is 7.11. The van der Waals surface area contributed by atoms with E-state index in [0.29, 0.717) is 6.61 Å². The van der Waals surface area contributed by atoms with Crippen LogP contribution in [-0.4, -0.2) is 6.54 Å². The van der Waals surface area contributed by atoms with E-state index in [1.807, 2.05) is 36.4 Å². The third-order valence-corrected chi connectivity index (χ3v) is 5.55. The van der Waals surface area contributed by atoms with Gasteiger partial charge in [-0.2, -0.15) is 0 Å². The quantitative estimate of drug-likeness (QED) is 0.370. The van der Waals surface area contributed by atoms with Crippen LogP contribution in [0.3, 0.4) is 0 Å². The molecule has 2 aromatic rings. The van der Waals surface area contributed by atoms with Gasteiger partial charge in [0.15, 0.2) is 0 Å². The maximum Gasteiger partial charge on any atom is 0.124 e. The lowest BCUT2D eigenvalue weighted by Gasteiger charge is -2.15. The second kappa shape index (κ2) is 10.1. The van der Waals surface area contributed by atoms with Crippen molar-refractivity contribution in [2.24, 2.45) is 0 Å². The van der Waals surface area contributed by atoms with Gasteiger partial charge in [0.2, 0.25) is 0 Å². The molecule has 0 bridgehead atoms. The Balaban J connectivity index is 1.55. The Bertz CT molecular complexity index is 760. The number of nitrogens with one attached hydrogen (secondary N) is 1. The van der Waals surface area contributed by atoms with Crippen molar-refractivity contribution in [3.63, 3.8) is 0 Å². The van der Waals surface area contributed by atoms with Crippen LogP contribution in [0, 0.1) is 0 Å². The van der Waals surface area contributed by atoms with Gasteiger partial charge in [-0.05, 0) is 62.9 Å². The molecular weight excluding hydrogens is 410 g/mol. The van der Waals surface area contributed by atoms with Gasteiger partial charge in [0.25, 0.3) is 0 Å². The molecule has 0 heterocycles. The summed E-state index contributed by atoms with van der Waals surface area (Å²) in [5, 5.41) is 4.30. The first-order valence-electron chi connectivity index (χ1n) is 9.25. The van der Waals surface area contributed by atoms with Gasteiger partial charge < -0.3 is 10.1 Å². The Morgan fingerprint density at radius 1 is 1.08 bits per heavy atom. The van der Waals surface area contributed by atoms with Crippen LogP contribution < -0.4 is 10.1 Å². The van der Waals surface area contributed by atoms with E-state index in [4.69, 9.17) is 16.3 Å². The van der Waals surface area contributed by atoms with Gasteiger partial charge in [-0.3, -0.25) is 0 Å². The SMILES string of the molecule is Clc1ccccc1COc1ccc(Br)cc1CNCCC1=CCCCC1. The highest BCUT2D eigenvalue weighted by Crippen LogP contribution is 2.26. The number of hydrogen-bond acceptors (Lipinski definition) is 2. The summed E-state index contributed by atoms with van der Waals surface area (Å²) in [4.78, 5) is 0. The molecule has 2 nitrogen and oxygen atoms in total. The van der Waals surface area contributed by atoms with Crippen molar-refractivity contribution >= 4 is 27.5 Å². The molecule has 26 heavy (non-hydrogen) atoms. The lowest BCUT2D eigenvalue weighted by molar-refractivity contribution is 0.302. The highest BCUT2D eigenvalue weighted by atomic mass is 79.9. The summed E-state index contributed by atoms with van der Waals surface area (Å²) in [6, 6.07) is 14.0. The molecule has 0 aromatic heterocycles. The van der Waals surface area contributed by atoms with Crippen LogP contribution >= 0.6 is 27.5 Å². The predicted molar refractivity (Wildman–Crippen MR) is 113 cm³/mol. The normalized spacial score (nSPS) is 14.2. The zero-order valence-electron chi connectivity index (χ0n) is 14.9. The molecule has 0 radical (unpaired) electrons. The molecule has 1 aliphatic rings. The van der Waals surface area contributed by atoms with Gasteiger partial charge in [-0.25, -0.2) is 0 Å². The molecule has 0 saturated heterocycles. The minimum absolute atomic E-state index is 0.473. The molecule has 3 rings (SSSR count). The third-order valence-electron chi connectivity index (χ3n) is 4.69. The Morgan fingerprint density at radius 3 is 2.77 bits per heavy atom. The molecule has 0 atom stereocenters. The van der Waals surface area contributed by atoms with Crippen LogP contribution in [0.5, 0.6) is 5.75 Å². The maximum absolute atomic E-state index is 6.23. The molecule has 2 aromatic carbocycles. The second-order valence-corrected chi connectivity index (χ2v) is 7.99. The number of halogens is 2. The van der Waals surface area contributed by atoms with Gasteiger partial charge in [-0.15, -0.1) is 0 Å². The largest absolute Gasteiger partial charge is 0.489 e. The number of hydrogen-bond donors (Lipinski definition) is 1. The maximum atomic E-state index is 6.23. The molecule has 0 saturated carbocycles. The molecule has 1 N–H and O–H groups in total. The average molecular weight is 435 g/mol. The minimum atomic E-state index is 0.473. The van der Waals surface area contributed by atoms with Gasteiger partial charge in [0.1, 0.15) is 12.4 Å². The molecule has 0 unspecified atom stereocenters. The van der Waals surface area contributed by atoms with Crippen LogP contribution in [0.2, 0.25) is 5.02 Å². The Labute approximate surface area is 169 Å². The molecule has 1 aliphatic carbocycles. The van der Waals surface area contributed by atoms with Crippen molar-refractivity contribution in [3.05, 3.63) is 74.7 Å². The zero-order chi connectivity index (χ0) is 18.2. The summed E-state index contributed by atoms with van der Waals surface area (Å²) in [6.45, 7) is 2.27. The summed E-state index contributed by atoms with van der Waals surface area (Å²) in [6.07, 6.45) is 8.77. The fourth-order valence-electron chi connectivity index (χ4n) is 3.20. The van der Waals surface area contributed by atoms with E-state index >= 15 is 0 Å². The van der Waals surface area contributed by atoms with Crippen LogP contribution in [0.4, 0.5) is 0 Å². The van der Waals surface area contributed by atoms with E-state index in [2.05, 4.69) is 33.4 Å². The predicted octanol–water partition coefficient (Wildman–Crippen LogP) is 6.66. The fourth-order valence-corrected chi connectivity index (χ4v) is 3.80. The highest BCUT2D eigenvalue weighted by Gasteiger charge is 2.08. The zero-order valence-corrected chi connectivity index (χ0v) is 17.3. The third kappa shape index (κ3) is 5.87. The van der Waals surface area contributed by atoms with Crippen molar-refractivity contribution in [3.8, 4) is 5.75 Å². The lowest BCUT2D eigenvalue weighted by atomic mass is 9.97. The van der Waals surface area contributed by atoms with Gasteiger partial charge >= 0.3 is 0 Å². The Morgan fingerprint density at radius 2 is 1.96 bits per heavy atom. The smallest absolute Gasteiger partial charge is 0.124 e. The van der Waals surface area contributed by atoms with E-state index in [1.54, 1.807) is 5.57 Å². The molecule has 0 aliphatic heterocycles. The van der Waals surface area contributed by atoms with Gasteiger partial charge in [0.05, 0.1) is 0 Å². The van der Waals surface area contributed by atoms with Crippen LogP contribution in [0.25, 0.3) is 0 Å². The summed E-state index contributed by atoms with van der Waals surface area (Å²) >= 11 is 9.79. The molecule has 0 amide bonds. The number of benzene rings is 2. The van der Waals surface area contributed by atoms with E-state index < -0.39 is 0 Å². The van der Waals surface area contributed by atoms with Crippen LogP contribution in [0.1, 0.15) is 43.2 Å². The van der Waals surface area contributed by atoms with Gasteiger partial charge in [0, 0.05) is 27.2 Å².